The molecule has 0 saturated heterocycles. The van der Waals surface area contributed by atoms with Gasteiger partial charge in [0.15, 0.2) is 0 Å². The first kappa shape index (κ1) is 16.1. The van der Waals surface area contributed by atoms with Crippen molar-refractivity contribution in [1.29, 1.82) is 0 Å². The van der Waals surface area contributed by atoms with E-state index in [1.807, 2.05) is 24.3 Å². The van der Waals surface area contributed by atoms with E-state index >= 15 is 0 Å². The van der Waals surface area contributed by atoms with Crippen LogP contribution in [0.4, 0.5) is 13.2 Å². The normalized spacial score (nSPS) is 24.6. The van der Waals surface area contributed by atoms with Crippen molar-refractivity contribution in [3.8, 4) is 5.75 Å². The van der Waals surface area contributed by atoms with Crippen molar-refractivity contribution in [3.05, 3.63) is 29.8 Å². The average molecular weight is 301 g/mol. The summed E-state index contributed by atoms with van der Waals surface area (Å²) in [5, 5.41) is 3.19. The van der Waals surface area contributed by atoms with Gasteiger partial charge in [0.05, 0.1) is 13.0 Å². The second-order valence-electron chi connectivity index (χ2n) is 5.67. The van der Waals surface area contributed by atoms with Gasteiger partial charge in [0.25, 0.3) is 0 Å². The zero-order chi connectivity index (χ0) is 15.5. The van der Waals surface area contributed by atoms with Gasteiger partial charge in [0.2, 0.25) is 0 Å². The van der Waals surface area contributed by atoms with Crippen LogP contribution in [0.3, 0.4) is 0 Å². The summed E-state index contributed by atoms with van der Waals surface area (Å²) in [6, 6.07) is 7.44. The highest BCUT2D eigenvalue weighted by Gasteiger charge is 2.43. The van der Waals surface area contributed by atoms with Crippen LogP contribution in [0.25, 0.3) is 0 Å². The molecule has 3 unspecified atom stereocenters. The predicted molar refractivity (Wildman–Crippen MR) is 76.3 cm³/mol. The standard InChI is InChI=1S/C16H22F3NO/c1-20-15(13-8-3-4-9-14(13)21-2)11-6-5-7-12(10-11)16(17,18)19/h3-4,8-9,11-12,15,20H,5-7,10H2,1-2H3. The van der Waals surface area contributed by atoms with E-state index in [0.717, 1.165) is 17.7 Å². The lowest BCUT2D eigenvalue weighted by Crippen LogP contribution is -2.34. The van der Waals surface area contributed by atoms with Crippen LogP contribution in [0.2, 0.25) is 0 Å². The van der Waals surface area contributed by atoms with Gasteiger partial charge in [-0.25, -0.2) is 0 Å². The summed E-state index contributed by atoms with van der Waals surface area (Å²) in [5.74, 6) is -0.473. The van der Waals surface area contributed by atoms with Crippen LogP contribution in [-0.2, 0) is 0 Å². The quantitative estimate of drug-likeness (QED) is 0.894. The molecule has 21 heavy (non-hydrogen) atoms. The third-order valence-corrected chi connectivity index (χ3v) is 4.43. The molecule has 0 radical (unpaired) electrons. The third-order valence-electron chi connectivity index (χ3n) is 4.43. The number of halogens is 3. The summed E-state index contributed by atoms with van der Waals surface area (Å²) in [7, 11) is 3.39. The number of hydrogen-bond donors (Lipinski definition) is 1. The fourth-order valence-electron chi connectivity index (χ4n) is 3.40. The van der Waals surface area contributed by atoms with E-state index in [2.05, 4.69) is 5.32 Å². The van der Waals surface area contributed by atoms with Gasteiger partial charge < -0.3 is 10.1 Å². The highest BCUT2D eigenvalue weighted by atomic mass is 19.4. The molecule has 1 fully saturated rings. The van der Waals surface area contributed by atoms with Gasteiger partial charge in [-0.05, 0) is 38.3 Å². The Hall–Kier alpha value is -1.23. The molecule has 5 heteroatoms. The first-order chi connectivity index (χ1) is 9.97. The summed E-state index contributed by atoms with van der Waals surface area (Å²) in [4.78, 5) is 0. The summed E-state index contributed by atoms with van der Waals surface area (Å²) < 4.78 is 44.3. The molecule has 1 aromatic rings. The van der Waals surface area contributed by atoms with Crippen LogP contribution in [0.5, 0.6) is 5.75 Å². The second kappa shape index (κ2) is 6.69. The van der Waals surface area contributed by atoms with Crippen LogP contribution < -0.4 is 10.1 Å². The molecule has 1 aliphatic rings. The number of methoxy groups -OCH3 is 1. The second-order valence-corrected chi connectivity index (χ2v) is 5.67. The maximum atomic E-state index is 13.0. The van der Waals surface area contributed by atoms with E-state index in [0.29, 0.717) is 6.42 Å². The Morgan fingerprint density at radius 2 is 1.95 bits per heavy atom. The van der Waals surface area contributed by atoms with Crippen molar-refractivity contribution in [2.24, 2.45) is 11.8 Å². The van der Waals surface area contributed by atoms with Crippen LogP contribution in [0.15, 0.2) is 24.3 Å². The zero-order valence-corrected chi connectivity index (χ0v) is 12.4. The Balaban J connectivity index is 2.21. The molecule has 118 valence electrons. The molecule has 1 aliphatic carbocycles. The highest BCUT2D eigenvalue weighted by molar-refractivity contribution is 5.36. The van der Waals surface area contributed by atoms with Gasteiger partial charge in [0, 0.05) is 11.6 Å². The maximum absolute atomic E-state index is 13.0. The van der Waals surface area contributed by atoms with Crippen LogP contribution in [0.1, 0.15) is 37.3 Å². The van der Waals surface area contributed by atoms with Gasteiger partial charge in [-0.1, -0.05) is 24.6 Å². The van der Waals surface area contributed by atoms with Crippen molar-refractivity contribution in [1.82, 2.24) is 5.32 Å². The van der Waals surface area contributed by atoms with E-state index in [1.54, 1.807) is 14.2 Å². The van der Waals surface area contributed by atoms with Gasteiger partial charge in [-0.15, -0.1) is 0 Å². The number of ether oxygens (including phenoxy) is 1. The summed E-state index contributed by atoms with van der Waals surface area (Å²) in [5.41, 5.74) is 0.940. The van der Waals surface area contributed by atoms with Crippen LogP contribution >= 0.6 is 0 Å². The molecular formula is C16H22F3NO. The number of rotatable bonds is 4. The Kier molecular flexibility index (Phi) is 5.14. The van der Waals surface area contributed by atoms with Gasteiger partial charge in [-0.2, -0.15) is 13.2 Å². The smallest absolute Gasteiger partial charge is 0.391 e. The topological polar surface area (TPSA) is 21.3 Å². The third kappa shape index (κ3) is 3.70. The minimum Gasteiger partial charge on any atom is -0.496 e. The van der Waals surface area contributed by atoms with Crippen molar-refractivity contribution in [2.45, 2.75) is 37.9 Å². The molecular weight excluding hydrogens is 279 g/mol. The van der Waals surface area contributed by atoms with Crippen molar-refractivity contribution in [3.63, 3.8) is 0 Å². The molecule has 3 atom stereocenters. The molecule has 1 N–H and O–H groups in total. The van der Waals surface area contributed by atoms with E-state index < -0.39 is 12.1 Å². The number of para-hydroxylation sites is 1. The summed E-state index contributed by atoms with van der Waals surface area (Å²) >= 11 is 0. The lowest BCUT2D eigenvalue weighted by molar-refractivity contribution is -0.186. The molecule has 1 saturated carbocycles. The Morgan fingerprint density at radius 1 is 1.24 bits per heavy atom. The number of benzene rings is 1. The maximum Gasteiger partial charge on any atom is 0.391 e. The highest BCUT2D eigenvalue weighted by Crippen LogP contribution is 2.44. The molecule has 2 nitrogen and oxygen atoms in total. The fraction of sp³-hybridized carbons (Fsp3) is 0.625. The lowest BCUT2D eigenvalue weighted by Gasteiger charge is -2.36. The van der Waals surface area contributed by atoms with Crippen molar-refractivity contribution < 1.29 is 17.9 Å². The van der Waals surface area contributed by atoms with E-state index in [1.165, 1.54) is 0 Å². The molecule has 0 bridgehead atoms. The zero-order valence-electron chi connectivity index (χ0n) is 12.4. The Labute approximate surface area is 123 Å². The Bertz CT molecular complexity index is 461. The molecule has 0 aromatic heterocycles. The van der Waals surface area contributed by atoms with Crippen molar-refractivity contribution in [2.75, 3.05) is 14.2 Å². The molecule has 2 rings (SSSR count). The summed E-state index contributed by atoms with van der Waals surface area (Å²) in [6.07, 6.45) is -2.20. The number of alkyl halides is 3. The Morgan fingerprint density at radius 3 is 2.57 bits per heavy atom. The number of hydrogen-bond acceptors (Lipinski definition) is 2. The average Bonchev–Trinajstić information content (AvgIpc) is 2.48. The molecule has 0 spiro atoms. The monoisotopic (exact) mass is 301 g/mol. The molecule has 0 heterocycles. The minimum absolute atomic E-state index is 0.0216. The van der Waals surface area contributed by atoms with Crippen LogP contribution in [-0.4, -0.2) is 20.3 Å². The van der Waals surface area contributed by atoms with Gasteiger partial charge in [-0.3, -0.25) is 0 Å². The fourth-order valence-corrected chi connectivity index (χ4v) is 3.40. The van der Waals surface area contributed by atoms with E-state index in [4.69, 9.17) is 4.74 Å². The first-order valence-electron chi connectivity index (χ1n) is 7.34. The van der Waals surface area contributed by atoms with E-state index in [-0.39, 0.29) is 24.8 Å². The molecule has 1 aromatic carbocycles. The van der Waals surface area contributed by atoms with Gasteiger partial charge >= 0.3 is 6.18 Å². The van der Waals surface area contributed by atoms with Crippen molar-refractivity contribution >= 4 is 0 Å². The predicted octanol–water partition coefficient (Wildman–Crippen LogP) is 4.32. The SMILES string of the molecule is CNC(c1ccccc1OC)C1CCCC(C(F)(F)F)C1. The molecule has 0 amide bonds. The van der Waals surface area contributed by atoms with Gasteiger partial charge in [0.1, 0.15) is 5.75 Å². The van der Waals surface area contributed by atoms with E-state index in [9.17, 15) is 13.2 Å². The number of nitrogens with one attached hydrogen (secondary N) is 1. The summed E-state index contributed by atoms with van der Waals surface area (Å²) in [6.45, 7) is 0. The first-order valence-corrected chi connectivity index (χ1v) is 7.34. The molecule has 0 aliphatic heterocycles. The lowest BCUT2D eigenvalue weighted by atomic mass is 9.75. The largest absolute Gasteiger partial charge is 0.496 e. The minimum atomic E-state index is -4.09. The van der Waals surface area contributed by atoms with Crippen LogP contribution in [0, 0.1) is 11.8 Å².